The third-order valence-electron chi connectivity index (χ3n) is 5.56. The van der Waals surface area contributed by atoms with Crippen LogP contribution in [0.2, 0.25) is 5.02 Å². The van der Waals surface area contributed by atoms with E-state index in [1.165, 1.54) is 12.8 Å². The summed E-state index contributed by atoms with van der Waals surface area (Å²) in [5, 5.41) is 6.67. The quantitative estimate of drug-likeness (QED) is 0.230. The van der Waals surface area contributed by atoms with E-state index in [4.69, 9.17) is 21.1 Å². The van der Waals surface area contributed by atoms with Gasteiger partial charge in [-0.1, -0.05) is 23.7 Å². The molecule has 1 unspecified atom stereocenters. The van der Waals surface area contributed by atoms with Crippen molar-refractivity contribution >= 4 is 47.4 Å². The van der Waals surface area contributed by atoms with Crippen molar-refractivity contribution in [2.75, 3.05) is 46.4 Å². The fourth-order valence-electron chi connectivity index (χ4n) is 3.84. The summed E-state index contributed by atoms with van der Waals surface area (Å²) in [6, 6.07) is 7.04. The molecule has 0 aromatic heterocycles. The van der Waals surface area contributed by atoms with Gasteiger partial charge in [0.25, 0.3) is 5.91 Å². The van der Waals surface area contributed by atoms with Gasteiger partial charge in [-0.25, -0.2) is 0 Å². The number of hydrogen-bond acceptors (Lipinski definition) is 4. The molecule has 7 nitrogen and oxygen atoms in total. The van der Waals surface area contributed by atoms with Crippen molar-refractivity contribution in [1.29, 1.82) is 0 Å². The average molecular weight is 565 g/mol. The lowest BCUT2D eigenvalue weighted by Gasteiger charge is -2.35. The molecule has 0 aliphatic carbocycles. The molecule has 0 radical (unpaired) electrons. The molecular weight excluding hydrogens is 531 g/mol. The van der Waals surface area contributed by atoms with Crippen LogP contribution in [0.4, 0.5) is 0 Å². The van der Waals surface area contributed by atoms with E-state index in [0.717, 1.165) is 44.9 Å². The number of nitrogens with one attached hydrogen (secondary N) is 2. The molecule has 174 valence electrons. The number of benzene rings is 1. The van der Waals surface area contributed by atoms with Gasteiger partial charge in [0.1, 0.15) is 0 Å². The second kappa shape index (κ2) is 14.1. The van der Waals surface area contributed by atoms with Gasteiger partial charge < -0.3 is 25.0 Å². The Labute approximate surface area is 207 Å². The summed E-state index contributed by atoms with van der Waals surface area (Å²) < 4.78 is 11.8. The largest absolute Gasteiger partial charge is 0.376 e. The molecule has 31 heavy (non-hydrogen) atoms. The molecule has 1 amide bonds. The lowest BCUT2D eigenvalue weighted by molar-refractivity contribution is -0.0721. The topological polar surface area (TPSA) is 75.2 Å². The Morgan fingerprint density at radius 2 is 1.94 bits per heavy atom. The standard InChI is InChI=1S/C22H33ClN4O3.HI/c1-24-22(26-12-11-25-21(28)19-7-2-3-8-20(19)23)27-13-9-17(10-14-27)30-16-18-6-4-5-15-29-18;/h2-3,7-8,17-18H,4-6,9-16H2,1H3,(H,24,26)(H,25,28);1H. The smallest absolute Gasteiger partial charge is 0.252 e. The number of hydrogen-bond donors (Lipinski definition) is 2. The van der Waals surface area contributed by atoms with Crippen molar-refractivity contribution in [3.8, 4) is 0 Å². The first-order valence-corrected chi connectivity index (χ1v) is 11.3. The van der Waals surface area contributed by atoms with E-state index in [2.05, 4.69) is 20.5 Å². The SMILES string of the molecule is CN=C(NCCNC(=O)c1ccccc1Cl)N1CCC(OCC2CCCCO2)CC1.I. The molecule has 1 aromatic rings. The van der Waals surface area contributed by atoms with Crippen molar-refractivity contribution in [2.45, 2.75) is 44.3 Å². The molecule has 2 aliphatic rings. The van der Waals surface area contributed by atoms with Gasteiger partial charge in [0.2, 0.25) is 0 Å². The second-order valence-electron chi connectivity index (χ2n) is 7.72. The molecule has 2 fully saturated rings. The predicted octanol–water partition coefficient (Wildman–Crippen LogP) is 3.31. The van der Waals surface area contributed by atoms with Gasteiger partial charge >= 0.3 is 0 Å². The highest BCUT2D eigenvalue weighted by molar-refractivity contribution is 14.0. The summed E-state index contributed by atoms with van der Waals surface area (Å²) in [6.45, 7) is 4.47. The zero-order valence-corrected chi connectivity index (χ0v) is 21.2. The van der Waals surface area contributed by atoms with Crippen LogP contribution in [0.3, 0.4) is 0 Å². The highest BCUT2D eigenvalue weighted by atomic mass is 127. The number of amides is 1. The first-order chi connectivity index (χ1) is 14.7. The minimum absolute atomic E-state index is 0. The number of carbonyl (C=O) groups is 1. The van der Waals surface area contributed by atoms with Crippen LogP contribution in [0.25, 0.3) is 0 Å². The zero-order chi connectivity index (χ0) is 21.2. The number of guanidine groups is 1. The summed E-state index contributed by atoms with van der Waals surface area (Å²) in [4.78, 5) is 18.8. The van der Waals surface area contributed by atoms with Crippen LogP contribution in [-0.4, -0.2) is 75.4 Å². The van der Waals surface area contributed by atoms with E-state index >= 15 is 0 Å². The van der Waals surface area contributed by atoms with E-state index in [1.807, 2.05) is 6.07 Å². The van der Waals surface area contributed by atoms with Gasteiger partial charge in [-0.3, -0.25) is 9.79 Å². The highest BCUT2D eigenvalue weighted by Crippen LogP contribution is 2.18. The molecule has 0 spiro atoms. The third kappa shape index (κ3) is 8.40. The van der Waals surface area contributed by atoms with Crippen LogP contribution in [0.5, 0.6) is 0 Å². The Hall–Kier alpha value is -1.10. The number of likely N-dealkylation sites (tertiary alicyclic amines) is 1. The van der Waals surface area contributed by atoms with Gasteiger partial charge in [0.15, 0.2) is 5.96 Å². The highest BCUT2D eigenvalue weighted by Gasteiger charge is 2.23. The van der Waals surface area contributed by atoms with Crippen LogP contribution in [0, 0.1) is 0 Å². The first-order valence-electron chi connectivity index (χ1n) is 10.9. The normalized spacial score (nSPS) is 20.1. The fraction of sp³-hybridized carbons (Fsp3) is 0.636. The van der Waals surface area contributed by atoms with Gasteiger partial charge in [-0.15, -0.1) is 24.0 Å². The van der Waals surface area contributed by atoms with Crippen molar-refractivity contribution in [2.24, 2.45) is 4.99 Å². The van der Waals surface area contributed by atoms with Crippen LogP contribution in [0.15, 0.2) is 29.3 Å². The zero-order valence-electron chi connectivity index (χ0n) is 18.1. The van der Waals surface area contributed by atoms with Gasteiger partial charge in [-0.05, 0) is 44.2 Å². The molecule has 2 saturated heterocycles. The van der Waals surface area contributed by atoms with Crippen molar-refractivity contribution in [3.05, 3.63) is 34.9 Å². The van der Waals surface area contributed by atoms with E-state index < -0.39 is 0 Å². The number of rotatable bonds is 7. The second-order valence-corrected chi connectivity index (χ2v) is 8.13. The molecule has 2 aliphatic heterocycles. The molecule has 2 N–H and O–H groups in total. The van der Waals surface area contributed by atoms with Crippen LogP contribution >= 0.6 is 35.6 Å². The molecule has 2 heterocycles. The number of piperidine rings is 1. The molecule has 0 bridgehead atoms. The van der Waals surface area contributed by atoms with Crippen molar-refractivity contribution in [3.63, 3.8) is 0 Å². The molecular formula is C22H34ClIN4O3. The van der Waals surface area contributed by atoms with Gasteiger partial charge in [0.05, 0.1) is 29.4 Å². The molecule has 1 atom stereocenters. The first kappa shape index (κ1) is 26.2. The van der Waals surface area contributed by atoms with Crippen molar-refractivity contribution in [1.82, 2.24) is 15.5 Å². The van der Waals surface area contributed by atoms with Crippen LogP contribution < -0.4 is 10.6 Å². The Bertz CT molecular complexity index is 708. The van der Waals surface area contributed by atoms with E-state index in [1.54, 1.807) is 25.2 Å². The summed E-state index contributed by atoms with van der Waals surface area (Å²) in [5.74, 6) is 0.688. The lowest BCUT2D eigenvalue weighted by atomic mass is 10.1. The molecule has 0 saturated carbocycles. The Kier molecular flexibility index (Phi) is 11.9. The minimum Gasteiger partial charge on any atom is -0.376 e. The van der Waals surface area contributed by atoms with Gasteiger partial charge in [-0.2, -0.15) is 0 Å². The summed E-state index contributed by atoms with van der Waals surface area (Å²) in [7, 11) is 1.79. The number of ether oxygens (including phenoxy) is 2. The van der Waals surface area contributed by atoms with Crippen molar-refractivity contribution < 1.29 is 14.3 Å². The average Bonchev–Trinajstić information content (AvgIpc) is 2.79. The maximum absolute atomic E-state index is 12.2. The summed E-state index contributed by atoms with van der Waals surface area (Å²) in [6.07, 6.45) is 6.06. The van der Waals surface area contributed by atoms with E-state index in [0.29, 0.717) is 36.4 Å². The van der Waals surface area contributed by atoms with Crippen LogP contribution in [-0.2, 0) is 9.47 Å². The fourth-order valence-corrected chi connectivity index (χ4v) is 4.06. The monoisotopic (exact) mass is 564 g/mol. The van der Waals surface area contributed by atoms with Gasteiger partial charge in [0, 0.05) is 39.8 Å². The molecule has 1 aromatic carbocycles. The minimum atomic E-state index is -0.169. The lowest BCUT2D eigenvalue weighted by Crippen LogP contribution is -2.48. The Morgan fingerprint density at radius 3 is 2.61 bits per heavy atom. The Morgan fingerprint density at radius 1 is 1.19 bits per heavy atom. The molecule has 3 rings (SSSR count). The number of aliphatic imine (C=N–C) groups is 1. The Balaban J connectivity index is 0.00000341. The number of halogens is 2. The number of nitrogens with zero attached hydrogens (tertiary/aromatic N) is 2. The number of carbonyl (C=O) groups excluding carboxylic acids is 1. The molecule has 9 heteroatoms. The van der Waals surface area contributed by atoms with Crippen LogP contribution in [0.1, 0.15) is 42.5 Å². The maximum Gasteiger partial charge on any atom is 0.252 e. The van der Waals surface area contributed by atoms with E-state index in [-0.39, 0.29) is 36.0 Å². The predicted molar refractivity (Wildman–Crippen MR) is 135 cm³/mol. The van der Waals surface area contributed by atoms with E-state index in [9.17, 15) is 4.79 Å². The maximum atomic E-state index is 12.2. The third-order valence-corrected chi connectivity index (χ3v) is 5.89. The summed E-state index contributed by atoms with van der Waals surface area (Å²) in [5.41, 5.74) is 0.490. The summed E-state index contributed by atoms with van der Waals surface area (Å²) >= 11 is 6.07.